The van der Waals surface area contributed by atoms with Gasteiger partial charge in [0, 0.05) is 50.1 Å². The van der Waals surface area contributed by atoms with Gasteiger partial charge in [-0.15, -0.1) is 0 Å². The lowest BCUT2D eigenvalue weighted by molar-refractivity contribution is 1.05. The maximum absolute atomic E-state index is 5.19. The van der Waals surface area contributed by atoms with Gasteiger partial charge >= 0.3 is 0 Å². The van der Waals surface area contributed by atoms with Crippen molar-refractivity contribution in [3.8, 4) is 67.9 Å². The highest BCUT2D eigenvalue weighted by atomic mass is 15.1. The number of fused-ring (bicyclic) bond motifs is 7. The van der Waals surface area contributed by atoms with E-state index < -0.39 is 0 Å². The van der Waals surface area contributed by atoms with Crippen molar-refractivity contribution in [1.82, 2.24) is 29.1 Å². The molecule has 0 saturated carbocycles. The summed E-state index contributed by atoms with van der Waals surface area (Å²) in [5.41, 5.74) is 12.8. The van der Waals surface area contributed by atoms with E-state index in [9.17, 15) is 0 Å². The van der Waals surface area contributed by atoms with E-state index >= 15 is 0 Å². The summed E-state index contributed by atoms with van der Waals surface area (Å²) in [5, 5.41) is 7.21. The van der Waals surface area contributed by atoms with E-state index in [0.29, 0.717) is 17.5 Å². The molecule has 0 aliphatic carbocycles. The molecule has 6 nitrogen and oxygen atoms in total. The van der Waals surface area contributed by atoms with Gasteiger partial charge in [0.15, 0.2) is 17.5 Å². The van der Waals surface area contributed by atoms with E-state index in [4.69, 9.17) is 19.9 Å². The maximum Gasteiger partial charge on any atom is 0.165 e. The minimum atomic E-state index is 0.553. The highest BCUT2D eigenvalue weighted by Gasteiger charge is 2.20. The monoisotopic (exact) mass is 842 g/mol. The fraction of sp³-hybridized carbons (Fsp3) is 0. The first kappa shape index (κ1) is 37.5. The second kappa shape index (κ2) is 15.4. The van der Waals surface area contributed by atoms with Crippen LogP contribution in [0, 0.1) is 0 Å². The van der Waals surface area contributed by atoms with Crippen LogP contribution in [-0.4, -0.2) is 29.1 Å². The van der Waals surface area contributed by atoms with E-state index in [1.165, 1.54) is 37.8 Å². The van der Waals surface area contributed by atoms with Crippen molar-refractivity contribution in [2.45, 2.75) is 0 Å². The van der Waals surface area contributed by atoms with Crippen molar-refractivity contribution in [2.75, 3.05) is 0 Å². The normalized spacial score (nSPS) is 11.6. The van der Waals surface area contributed by atoms with Gasteiger partial charge in [0.1, 0.15) is 5.82 Å². The maximum atomic E-state index is 5.19. The molecule has 0 fully saturated rings. The van der Waals surface area contributed by atoms with Crippen molar-refractivity contribution in [1.29, 1.82) is 0 Å². The number of hydrogen-bond acceptors (Lipinski definition) is 4. The van der Waals surface area contributed by atoms with E-state index in [2.05, 4.69) is 221 Å². The molecule has 0 spiro atoms. The van der Waals surface area contributed by atoms with Gasteiger partial charge in [0.05, 0.1) is 22.1 Å². The van der Waals surface area contributed by atoms with Crippen LogP contribution < -0.4 is 0 Å². The third-order valence-corrected chi connectivity index (χ3v) is 12.8. The average molecular weight is 843 g/mol. The fourth-order valence-corrected chi connectivity index (χ4v) is 9.57. The Morgan fingerprint density at radius 1 is 0.273 bits per heavy atom. The number of nitrogens with zero attached hydrogens (tertiary/aromatic N) is 6. The van der Waals surface area contributed by atoms with Crippen molar-refractivity contribution < 1.29 is 0 Å². The fourth-order valence-electron chi connectivity index (χ4n) is 9.57. The first-order chi connectivity index (χ1) is 32.7. The van der Waals surface area contributed by atoms with Crippen molar-refractivity contribution >= 4 is 54.4 Å². The van der Waals surface area contributed by atoms with Crippen LogP contribution in [0.2, 0.25) is 0 Å². The summed E-state index contributed by atoms with van der Waals surface area (Å²) >= 11 is 0. The molecular weight excluding hydrogens is 805 g/mol. The van der Waals surface area contributed by atoms with Gasteiger partial charge in [-0.25, -0.2) is 19.9 Å². The summed E-state index contributed by atoms with van der Waals surface area (Å²) in [7, 11) is 0. The number of aromatic nitrogens is 6. The van der Waals surface area contributed by atoms with Gasteiger partial charge < -0.3 is 4.57 Å². The van der Waals surface area contributed by atoms with Crippen LogP contribution in [0.3, 0.4) is 0 Å². The Bertz CT molecular complexity index is 3850. The van der Waals surface area contributed by atoms with Crippen LogP contribution in [-0.2, 0) is 0 Å². The molecular formula is C60H38N6. The first-order valence-corrected chi connectivity index (χ1v) is 22.2. The summed E-state index contributed by atoms with van der Waals surface area (Å²) in [4.78, 5) is 20.5. The lowest BCUT2D eigenvalue weighted by Gasteiger charge is -2.11. The standard InChI is InChI=1S/C60H38N6/c1-3-13-39(14-4-1)42-23-27-44(28-24-42)58-62-59(45-29-25-43(26-30-45)40-15-5-2-6-16-40)64-60(63-58)47-32-34-57(61-38-47)66-54-22-12-10-20-50(54)52-36-51-49-19-9-11-21-53(49)65(55(51)37-56(52)66)48-33-31-41-17-7-8-18-46(41)35-48/h1-38H. The van der Waals surface area contributed by atoms with E-state index in [1.54, 1.807) is 0 Å². The predicted octanol–water partition coefficient (Wildman–Crippen LogP) is 14.9. The molecule has 0 bridgehead atoms. The van der Waals surface area contributed by atoms with Gasteiger partial charge in [-0.2, -0.15) is 0 Å². The Morgan fingerprint density at radius 2 is 0.727 bits per heavy atom. The average Bonchev–Trinajstić information content (AvgIpc) is 3.90. The largest absolute Gasteiger partial charge is 0.309 e. The van der Waals surface area contributed by atoms with Crippen molar-refractivity contribution in [2.24, 2.45) is 0 Å². The summed E-state index contributed by atoms with van der Waals surface area (Å²) in [6, 6.07) is 79.1. The van der Waals surface area contributed by atoms with Crippen molar-refractivity contribution in [3.05, 3.63) is 231 Å². The van der Waals surface area contributed by atoms with Gasteiger partial charge in [-0.1, -0.05) is 176 Å². The first-order valence-electron chi connectivity index (χ1n) is 22.2. The molecule has 0 amide bonds. The quantitative estimate of drug-likeness (QED) is 0.160. The Kier molecular flexibility index (Phi) is 8.74. The molecule has 4 aromatic heterocycles. The molecule has 13 aromatic rings. The third kappa shape index (κ3) is 6.34. The summed E-state index contributed by atoms with van der Waals surface area (Å²) in [6.07, 6.45) is 1.89. The van der Waals surface area contributed by atoms with E-state index in [0.717, 1.165) is 67.0 Å². The Morgan fingerprint density at radius 3 is 1.30 bits per heavy atom. The molecule has 308 valence electrons. The highest BCUT2D eigenvalue weighted by molar-refractivity contribution is 6.19. The Labute approximate surface area is 380 Å². The molecule has 0 N–H and O–H groups in total. The number of benzene rings is 9. The molecule has 13 rings (SSSR count). The van der Waals surface area contributed by atoms with Crippen LogP contribution in [0.4, 0.5) is 0 Å². The second-order valence-corrected chi connectivity index (χ2v) is 16.7. The highest BCUT2D eigenvalue weighted by Crippen LogP contribution is 2.40. The zero-order chi connectivity index (χ0) is 43.6. The molecule has 66 heavy (non-hydrogen) atoms. The smallest absolute Gasteiger partial charge is 0.165 e. The van der Waals surface area contributed by atoms with Crippen LogP contribution in [0.5, 0.6) is 0 Å². The second-order valence-electron chi connectivity index (χ2n) is 16.7. The zero-order valence-electron chi connectivity index (χ0n) is 35.6. The topological polar surface area (TPSA) is 61.4 Å². The molecule has 4 heterocycles. The van der Waals surface area contributed by atoms with E-state index in [-0.39, 0.29) is 0 Å². The molecule has 0 radical (unpaired) electrons. The molecule has 0 saturated heterocycles. The minimum Gasteiger partial charge on any atom is -0.309 e. The van der Waals surface area contributed by atoms with Crippen LogP contribution in [0.25, 0.3) is 122 Å². The Hall–Kier alpha value is -9.00. The molecule has 6 heteroatoms. The minimum absolute atomic E-state index is 0.553. The van der Waals surface area contributed by atoms with Gasteiger partial charge in [-0.3, -0.25) is 4.57 Å². The number of para-hydroxylation sites is 2. The van der Waals surface area contributed by atoms with Crippen molar-refractivity contribution in [3.63, 3.8) is 0 Å². The lowest BCUT2D eigenvalue weighted by Crippen LogP contribution is -2.02. The number of rotatable bonds is 7. The summed E-state index contributed by atoms with van der Waals surface area (Å²) in [5.74, 6) is 2.55. The number of pyridine rings is 1. The van der Waals surface area contributed by atoms with Gasteiger partial charge in [-0.05, 0) is 81.6 Å². The lowest BCUT2D eigenvalue weighted by atomic mass is 10.0. The Balaban J connectivity index is 0.945. The van der Waals surface area contributed by atoms with Crippen LogP contribution in [0.15, 0.2) is 231 Å². The third-order valence-electron chi connectivity index (χ3n) is 12.8. The predicted molar refractivity (Wildman–Crippen MR) is 271 cm³/mol. The van der Waals surface area contributed by atoms with Crippen LogP contribution in [0.1, 0.15) is 0 Å². The van der Waals surface area contributed by atoms with E-state index in [1.807, 2.05) is 18.3 Å². The molecule has 0 aliphatic rings. The SMILES string of the molecule is c1ccc(-c2ccc(-c3nc(-c4ccc(-c5ccccc5)cc4)nc(-c4ccc(-n5c6ccccc6c6cc7c8ccccc8n(-c8ccc9ccccc9c8)c7cc65)nc4)n3)cc2)cc1. The molecule has 0 atom stereocenters. The molecule has 0 aliphatic heterocycles. The van der Waals surface area contributed by atoms with Gasteiger partial charge in [0.2, 0.25) is 0 Å². The molecule has 9 aromatic carbocycles. The van der Waals surface area contributed by atoms with Crippen LogP contribution >= 0.6 is 0 Å². The summed E-state index contributed by atoms with van der Waals surface area (Å²) < 4.78 is 4.68. The molecule has 0 unspecified atom stereocenters. The number of hydrogen-bond donors (Lipinski definition) is 0. The zero-order valence-corrected chi connectivity index (χ0v) is 35.6. The summed E-state index contributed by atoms with van der Waals surface area (Å²) in [6.45, 7) is 0. The van der Waals surface area contributed by atoms with Gasteiger partial charge in [0.25, 0.3) is 0 Å².